The summed E-state index contributed by atoms with van der Waals surface area (Å²) >= 11 is 3.57. The predicted octanol–water partition coefficient (Wildman–Crippen LogP) is 2.13. The molecule has 102 valence electrons. The molecule has 18 heavy (non-hydrogen) atoms. The lowest BCUT2D eigenvalue weighted by molar-refractivity contribution is 0.128. The average molecular weight is 316 g/mol. The molecule has 0 radical (unpaired) electrons. The van der Waals surface area contributed by atoms with E-state index in [1.807, 2.05) is 18.7 Å². The first-order valence-corrected chi connectivity index (χ1v) is 7.37. The molecule has 1 aromatic rings. The largest absolute Gasteiger partial charge is 0.396 e. The summed E-state index contributed by atoms with van der Waals surface area (Å²) < 4.78 is 2.99. The molecule has 0 unspecified atom stereocenters. The van der Waals surface area contributed by atoms with Crippen LogP contribution in [0, 0.1) is 12.3 Å². The van der Waals surface area contributed by atoms with Crippen molar-refractivity contribution in [3.8, 4) is 0 Å². The lowest BCUT2D eigenvalue weighted by Gasteiger charge is -2.26. The number of nitrogens with one attached hydrogen (secondary N) is 1. The lowest BCUT2D eigenvalue weighted by Crippen LogP contribution is -2.35. The fourth-order valence-corrected chi connectivity index (χ4v) is 3.31. The Morgan fingerprint density at radius 3 is 2.61 bits per heavy atom. The summed E-state index contributed by atoms with van der Waals surface area (Å²) in [7, 11) is 1.96. The van der Waals surface area contributed by atoms with Gasteiger partial charge in [-0.15, -0.1) is 0 Å². The number of nitrogens with zero attached hydrogens (tertiary/aromatic N) is 2. The van der Waals surface area contributed by atoms with Gasteiger partial charge < -0.3 is 10.4 Å². The third kappa shape index (κ3) is 2.78. The van der Waals surface area contributed by atoms with Crippen molar-refractivity contribution in [2.75, 3.05) is 13.2 Å². The number of aliphatic hydroxyl groups excluding tert-OH is 1. The maximum Gasteiger partial charge on any atom is 0.0739 e. The van der Waals surface area contributed by atoms with Gasteiger partial charge >= 0.3 is 0 Å². The average Bonchev–Trinajstić information content (AvgIpc) is 2.91. The van der Waals surface area contributed by atoms with Crippen LogP contribution in [0.5, 0.6) is 0 Å². The zero-order chi connectivity index (χ0) is 13.2. The first-order valence-electron chi connectivity index (χ1n) is 6.57. The van der Waals surface area contributed by atoms with Crippen molar-refractivity contribution in [2.45, 2.75) is 39.2 Å². The SMILES string of the molecule is Cc1nn(C)c(CNCC2(CO)CCCC2)c1Br. The highest BCUT2D eigenvalue weighted by atomic mass is 79.9. The number of rotatable bonds is 5. The summed E-state index contributed by atoms with van der Waals surface area (Å²) in [5.74, 6) is 0. The fraction of sp³-hybridized carbons (Fsp3) is 0.769. The molecule has 1 heterocycles. The van der Waals surface area contributed by atoms with Crippen LogP contribution in [0.25, 0.3) is 0 Å². The van der Waals surface area contributed by atoms with Gasteiger partial charge in [-0.05, 0) is 35.7 Å². The smallest absolute Gasteiger partial charge is 0.0739 e. The standard InChI is InChI=1S/C13H22BrN3O/c1-10-12(14)11(17(2)16-10)7-15-8-13(9-18)5-3-4-6-13/h15,18H,3-9H2,1-2H3. The Morgan fingerprint density at radius 2 is 2.11 bits per heavy atom. The van der Waals surface area contributed by atoms with Crippen molar-refractivity contribution in [3.63, 3.8) is 0 Å². The fourth-order valence-electron chi connectivity index (χ4n) is 2.83. The number of aromatic nitrogens is 2. The quantitative estimate of drug-likeness (QED) is 0.875. The molecule has 0 aromatic carbocycles. The lowest BCUT2D eigenvalue weighted by atomic mass is 9.87. The van der Waals surface area contributed by atoms with E-state index < -0.39 is 0 Å². The first-order chi connectivity index (χ1) is 8.58. The van der Waals surface area contributed by atoms with Crippen molar-refractivity contribution in [1.29, 1.82) is 0 Å². The maximum atomic E-state index is 9.56. The summed E-state index contributed by atoms with van der Waals surface area (Å²) in [5, 5.41) is 17.4. The Kier molecular flexibility index (Phi) is 4.45. The van der Waals surface area contributed by atoms with Crippen molar-refractivity contribution in [2.24, 2.45) is 12.5 Å². The molecular weight excluding hydrogens is 294 g/mol. The molecule has 0 amide bonds. The molecule has 1 fully saturated rings. The van der Waals surface area contributed by atoms with Crippen LogP contribution >= 0.6 is 15.9 Å². The number of hydrogen-bond acceptors (Lipinski definition) is 3. The summed E-state index contributed by atoms with van der Waals surface area (Å²) in [4.78, 5) is 0. The van der Waals surface area contributed by atoms with Gasteiger partial charge in [-0.2, -0.15) is 5.10 Å². The van der Waals surface area contributed by atoms with E-state index in [-0.39, 0.29) is 5.41 Å². The molecule has 4 nitrogen and oxygen atoms in total. The van der Waals surface area contributed by atoms with Crippen LogP contribution in [-0.4, -0.2) is 28.0 Å². The monoisotopic (exact) mass is 315 g/mol. The van der Waals surface area contributed by atoms with E-state index in [0.29, 0.717) is 6.61 Å². The highest BCUT2D eigenvalue weighted by Gasteiger charge is 2.32. The third-order valence-electron chi connectivity index (χ3n) is 4.05. The van der Waals surface area contributed by atoms with E-state index in [1.54, 1.807) is 0 Å². The molecule has 0 saturated heterocycles. The van der Waals surface area contributed by atoms with Crippen molar-refractivity contribution < 1.29 is 5.11 Å². The first kappa shape index (κ1) is 14.0. The molecule has 2 N–H and O–H groups in total. The third-order valence-corrected chi connectivity index (χ3v) is 5.09. The molecular formula is C13H22BrN3O. The number of aliphatic hydroxyl groups is 1. The van der Waals surface area contributed by atoms with Crippen molar-refractivity contribution >= 4 is 15.9 Å². The minimum absolute atomic E-state index is 0.111. The summed E-state index contributed by atoms with van der Waals surface area (Å²) in [5.41, 5.74) is 2.30. The van der Waals surface area contributed by atoms with Gasteiger partial charge in [-0.25, -0.2) is 0 Å². The minimum atomic E-state index is 0.111. The Morgan fingerprint density at radius 1 is 1.44 bits per heavy atom. The zero-order valence-corrected chi connectivity index (χ0v) is 12.8. The van der Waals surface area contributed by atoms with Crippen molar-refractivity contribution in [3.05, 3.63) is 15.9 Å². The van der Waals surface area contributed by atoms with E-state index in [0.717, 1.165) is 36.1 Å². The van der Waals surface area contributed by atoms with E-state index >= 15 is 0 Å². The second-order valence-electron chi connectivity index (χ2n) is 5.44. The van der Waals surface area contributed by atoms with Gasteiger partial charge in [-0.1, -0.05) is 12.8 Å². The number of halogens is 1. The Balaban J connectivity index is 1.92. The Hall–Kier alpha value is -0.390. The van der Waals surface area contributed by atoms with Gasteiger partial charge in [0, 0.05) is 32.2 Å². The Labute approximate surface area is 117 Å². The molecule has 0 spiro atoms. The Bertz CT molecular complexity index is 411. The second-order valence-corrected chi connectivity index (χ2v) is 6.23. The summed E-state index contributed by atoms with van der Waals surface area (Å²) in [6.07, 6.45) is 4.78. The van der Waals surface area contributed by atoms with E-state index in [1.165, 1.54) is 18.5 Å². The molecule has 1 saturated carbocycles. The van der Waals surface area contributed by atoms with Gasteiger partial charge in [0.2, 0.25) is 0 Å². The topological polar surface area (TPSA) is 50.1 Å². The van der Waals surface area contributed by atoms with Crippen LogP contribution in [0.3, 0.4) is 0 Å². The molecule has 1 aliphatic rings. The minimum Gasteiger partial charge on any atom is -0.396 e. The van der Waals surface area contributed by atoms with E-state index in [2.05, 4.69) is 26.3 Å². The normalized spacial score (nSPS) is 18.4. The molecule has 5 heteroatoms. The van der Waals surface area contributed by atoms with Gasteiger partial charge in [0.25, 0.3) is 0 Å². The van der Waals surface area contributed by atoms with Crippen LogP contribution < -0.4 is 5.32 Å². The van der Waals surface area contributed by atoms with E-state index in [4.69, 9.17) is 0 Å². The maximum absolute atomic E-state index is 9.56. The summed E-state index contributed by atoms with van der Waals surface area (Å²) in [6, 6.07) is 0. The van der Waals surface area contributed by atoms with Gasteiger partial charge in [-0.3, -0.25) is 4.68 Å². The highest BCUT2D eigenvalue weighted by molar-refractivity contribution is 9.10. The molecule has 0 aliphatic heterocycles. The van der Waals surface area contributed by atoms with Crippen LogP contribution in [0.2, 0.25) is 0 Å². The molecule has 2 rings (SSSR count). The van der Waals surface area contributed by atoms with Crippen LogP contribution in [0.4, 0.5) is 0 Å². The molecule has 0 bridgehead atoms. The zero-order valence-electron chi connectivity index (χ0n) is 11.2. The van der Waals surface area contributed by atoms with E-state index in [9.17, 15) is 5.11 Å². The second kappa shape index (κ2) is 5.72. The number of hydrogen-bond donors (Lipinski definition) is 2. The van der Waals surface area contributed by atoms with Crippen molar-refractivity contribution in [1.82, 2.24) is 15.1 Å². The summed E-state index contributed by atoms with van der Waals surface area (Å²) in [6.45, 7) is 3.98. The highest BCUT2D eigenvalue weighted by Crippen LogP contribution is 2.37. The molecule has 1 aliphatic carbocycles. The van der Waals surface area contributed by atoms with Crippen LogP contribution in [0.1, 0.15) is 37.1 Å². The van der Waals surface area contributed by atoms with Crippen LogP contribution in [-0.2, 0) is 13.6 Å². The van der Waals surface area contributed by atoms with Gasteiger partial charge in [0.15, 0.2) is 0 Å². The van der Waals surface area contributed by atoms with Gasteiger partial charge in [0.05, 0.1) is 15.9 Å². The predicted molar refractivity (Wildman–Crippen MR) is 75.3 cm³/mol. The van der Waals surface area contributed by atoms with Gasteiger partial charge in [0.1, 0.15) is 0 Å². The molecule has 0 atom stereocenters. The molecule has 1 aromatic heterocycles. The number of aryl methyl sites for hydroxylation is 2. The van der Waals surface area contributed by atoms with Crippen LogP contribution in [0.15, 0.2) is 4.47 Å².